The number of para-hydroxylation sites is 1. The standard InChI is InChI=1S/C17H17N3O2S/c1-3-13(16(21)15(9-18)23-2)20-17(22)12-8-11-6-4-5-7-14(11)19-10-12/h4-8,10,13,15H,3H2,1-2H3,(H,20,22). The Hall–Kier alpha value is -2.39. The first-order valence-electron chi connectivity index (χ1n) is 7.22. The summed E-state index contributed by atoms with van der Waals surface area (Å²) < 4.78 is 0. The number of Topliss-reactive ketones (excluding diaryl/α,β-unsaturated/α-hetero) is 1. The van der Waals surface area contributed by atoms with E-state index in [1.165, 1.54) is 18.0 Å². The molecule has 1 amide bonds. The fourth-order valence-electron chi connectivity index (χ4n) is 2.23. The fraction of sp³-hybridized carbons (Fsp3) is 0.294. The van der Waals surface area contributed by atoms with Crippen LogP contribution in [0.2, 0.25) is 0 Å². The highest BCUT2D eigenvalue weighted by atomic mass is 32.2. The molecule has 1 heterocycles. The molecule has 0 aliphatic heterocycles. The number of carbonyl (C=O) groups excluding carboxylic acids is 2. The number of nitrogens with zero attached hydrogens (tertiary/aromatic N) is 2. The molecule has 118 valence electrons. The number of hydrogen-bond acceptors (Lipinski definition) is 5. The number of fused-ring (bicyclic) bond motifs is 1. The van der Waals surface area contributed by atoms with Crippen LogP contribution in [-0.2, 0) is 4.79 Å². The molecule has 0 bridgehead atoms. The van der Waals surface area contributed by atoms with E-state index in [1.54, 1.807) is 19.2 Å². The number of ketones is 1. The Morgan fingerprint density at radius 2 is 2.13 bits per heavy atom. The van der Waals surface area contributed by atoms with Crippen LogP contribution in [0, 0.1) is 11.3 Å². The minimum absolute atomic E-state index is 0.274. The minimum atomic E-state index is -0.769. The van der Waals surface area contributed by atoms with Crippen LogP contribution in [0.5, 0.6) is 0 Å². The molecular weight excluding hydrogens is 310 g/mol. The van der Waals surface area contributed by atoms with E-state index >= 15 is 0 Å². The van der Waals surface area contributed by atoms with Gasteiger partial charge >= 0.3 is 0 Å². The average molecular weight is 327 g/mol. The van der Waals surface area contributed by atoms with Gasteiger partial charge in [0.2, 0.25) is 0 Å². The van der Waals surface area contributed by atoms with Crippen molar-refractivity contribution in [2.24, 2.45) is 0 Å². The molecule has 0 saturated heterocycles. The second kappa shape index (κ2) is 7.75. The smallest absolute Gasteiger partial charge is 0.253 e. The topological polar surface area (TPSA) is 82.8 Å². The third-order valence-electron chi connectivity index (χ3n) is 3.52. The highest BCUT2D eigenvalue weighted by Gasteiger charge is 2.26. The summed E-state index contributed by atoms with van der Waals surface area (Å²) in [5.41, 5.74) is 1.20. The molecule has 0 saturated carbocycles. The van der Waals surface area contributed by atoms with Crippen LogP contribution in [0.4, 0.5) is 0 Å². The number of thioether (sulfide) groups is 1. The number of nitrogens with one attached hydrogen (secondary N) is 1. The highest BCUT2D eigenvalue weighted by molar-refractivity contribution is 8.00. The van der Waals surface area contributed by atoms with Gasteiger partial charge in [-0.2, -0.15) is 5.26 Å². The van der Waals surface area contributed by atoms with E-state index in [9.17, 15) is 9.59 Å². The number of nitriles is 1. The van der Waals surface area contributed by atoms with Crippen molar-refractivity contribution in [3.63, 3.8) is 0 Å². The molecule has 0 aliphatic rings. The van der Waals surface area contributed by atoms with Crippen molar-refractivity contribution in [2.75, 3.05) is 6.26 Å². The van der Waals surface area contributed by atoms with Crippen molar-refractivity contribution in [3.8, 4) is 6.07 Å². The van der Waals surface area contributed by atoms with Crippen molar-refractivity contribution in [1.29, 1.82) is 5.26 Å². The Morgan fingerprint density at radius 3 is 2.78 bits per heavy atom. The molecule has 0 radical (unpaired) electrons. The number of hydrogen-bond donors (Lipinski definition) is 1. The van der Waals surface area contributed by atoms with E-state index in [4.69, 9.17) is 5.26 Å². The Bertz CT molecular complexity index is 770. The summed E-state index contributed by atoms with van der Waals surface area (Å²) in [6, 6.07) is 10.5. The van der Waals surface area contributed by atoms with Gasteiger partial charge in [0.15, 0.2) is 11.0 Å². The van der Waals surface area contributed by atoms with E-state index in [0.717, 1.165) is 10.9 Å². The SMILES string of the molecule is CCC(NC(=O)c1cnc2ccccc2c1)C(=O)C(C#N)SC. The third kappa shape index (κ3) is 3.88. The van der Waals surface area contributed by atoms with Crippen molar-refractivity contribution in [1.82, 2.24) is 10.3 Å². The average Bonchev–Trinajstić information content (AvgIpc) is 2.59. The number of rotatable bonds is 6. The van der Waals surface area contributed by atoms with Crippen LogP contribution in [0.1, 0.15) is 23.7 Å². The Kier molecular flexibility index (Phi) is 5.72. The Morgan fingerprint density at radius 1 is 1.39 bits per heavy atom. The van der Waals surface area contributed by atoms with Gasteiger partial charge in [0.1, 0.15) is 0 Å². The molecule has 1 aromatic carbocycles. The van der Waals surface area contributed by atoms with Crippen LogP contribution < -0.4 is 5.32 Å². The van der Waals surface area contributed by atoms with Crippen LogP contribution in [-0.4, -0.2) is 34.2 Å². The lowest BCUT2D eigenvalue weighted by Gasteiger charge is -2.17. The van der Waals surface area contributed by atoms with Crippen LogP contribution in [0.3, 0.4) is 0 Å². The second-order valence-corrected chi connectivity index (χ2v) is 5.94. The van der Waals surface area contributed by atoms with Crippen molar-refractivity contribution >= 4 is 34.4 Å². The molecule has 23 heavy (non-hydrogen) atoms. The van der Waals surface area contributed by atoms with Gasteiger partial charge in [-0.3, -0.25) is 14.6 Å². The number of aromatic nitrogens is 1. The van der Waals surface area contributed by atoms with Gasteiger partial charge in [-0.05, 0) is 24.8 Å². The molecule has 1 N–H and O–H groups in total. The predicted octanol–water partition coefficient (Wildman–Crippen LogP) is 2.57. The fourth-order valence-corrected chi connectivity index (χ4v) is 2.73. The minimum Gasteiger partial charge on any atom is -0.342 e. The number of amides is 1. The van der Waals surface area contributed by atoms with Crippen molar-refractivity contribution < 1.29 is 9.59 Å². The lowest BCUT2D eigenvalue weighted by Crippen LogP contribution is -2.43. The summed E-state index contributed by atoms with van der Waals surface area (Å²) in [5.74, 6) is -0.633. The monoisotopic (exact) mass is 327 g/mol. The first kappa shape index (κ1) is 17.0. The van der Waals surface area contributed by atoms with Crippen LogP contribution >= 0.6 is 11.8 Å². The summed E-state index contributed by atoms with van der Waals surface area (Å²) >= 11 is 1.17. The summed E-state index contributed by atoms with van der Waals surface area (Å²) in [6.45, 7) is 1.80. The third-order valence-corrected chi connectivity index (χ3v) is 4.33. The van der Waals surface area contributed by atoms with E-state index in [0.29, 0.717) is 12.0 Å². The highest BCUT2D eigenvalue weighted by Crippen LogP contribution is 2.14. The summed E-state index contributed by atoms with van der Waals surface area (Å²) in [5, 5.41) is 11.8. The quantitative estimate of drug-likeness (QED) is 0.881. The van der Waals surface area contributed by atoms with Crippen LogP contribution in [0.25, 0.3) is 10.9 Å². The number of carbonyl (C=O) groups is 2. The zero-order valence-corrected chi connectivity index (χ0v) is 13.8. The van der Waals surface area contributed by atoms with Crippen molar-refractivity contribution in [3.05, 3.63) is 42.1 Å². The Balaban J connectivity index is 2.18. The van der Waals surface area contributed by atoms with E-state index in [2.05, 4.69) is 10.3 Å². The molecule has 2 rings (SSSR count). The molecule has 5 nitrogen and oxygen atoms in total. The van der Waals surface area contributed by atoms with E-state index < -0.39 is 11.3 Å². The molecular formula is C17H17N3O2S. The molecule has 0 fully saturated rings. The molecule has 6 heteroatoms. The normalized spacial score (nSPS) is 13.1. The maximum absolute atomic E-state index is 12.4. The molecule has 0 spiro atoms. The molecule has 2 atom stereocenters. The van der Waals surface area contributed by atoms with Gasteiger partial charge in [-0.1, -0.05) is 25.1 Å². The lowest BCUT2D eigenvalue weighted by molar-refractivity contribution is -0.119. The maximum Gasteiger partial charge on any atom is 0.253 e. The summed E-state index contributed by atoms with van der Waals surface area (Å²) in [6.07, 6.45) is 3.63. The van der Waals surface area contributed by atoms with Gasteiger partial charge in [-0.15, -0.1) is 11.8 Å². The van der Waals surface area contributed by atoms with Crippen molar-refractivity contribution in [2.45, 2.75) is 24.6 Å². The predicted molar refractivity (Wildman–Crippen MR) is 91.2 cm³/mol. The summed E-state index contributed by atoms with van der Waals surface area (Å²) in [4.78, 5) is 28.9. The van der Waals surface area contributed by atoms with Gasteiger partial charge < -0.3 is 5.32 Å². The lowest BCUT2D eigenvalue weighted by atomic mass is 10.1. The molecule has 2 unspecified atom stereocenters. The second-order valence-electron chi connectivity index (χ2n) is 5.00. The van der Waals surface area contributed by atoms with Gasteiger partial charge in [0.05, 0.1) is 23.2 Å². The van der Waals surface area contributed by atoms with Gasteiger partial charge in [0.25, 0.3) is 5.91 Å². The first-order chi connectivity index (χ1) is 11.1. The molecule has 2 aromatic rings. The van der Waals surface area contributed by atoms with E-state index in [-0.39, 0.29) is 11.7 Å². The molecule has 1 aromatic heterocycles. The Labute approximate surface area is 139 Å². The van der Waals surface area contributed by atoms with E-state index in [1.807, 2.05) is 30.3 Å². The van der Waals surface area contributed by atoms with Gasteiger partial charge in [-0.25, -0.2) is 0 Å². The maximum atomic E-state index is 12.4. The summed E-state index contributed by atoms with van der Waals surface area (Å²) in [7, 11) is 0. The largest absolute Gasteiger partial charge is 0.342 e. The number of pyridine rings is 1. The van der Waals surface area contributed by atoms with Crippen LogP contribution in [0.15, 0.2) is 36.5 Å². The number of benzene rings is 1. The van der Waals surface area contributed by atoms with Gasteiger partial charge in [0, 0.05) is 11.6 Å². The first-order valence-corrected chi connectivity index (χ1v) is 8.51. The zero-order valence-electron chi connectivity index (χ0n) is 12.9. The zero-order chi connectivity index (χ0) is 16.8. The molecule has 0 aliphatic carbocycles.